The van der Waals surface area contributed by atoms with Gasteiger partial charge in [0, 0.05) is 20.1 Å². The van der Waals surface area contributed by atoms with Gasteiger partial charge in [-0.05, 0) is 29.3 Å². The number of nitrogens with zero attached hydrogens (tertiary/aromatic N) is 1. The molecule has 1 amide bonds. The lowest BCUT2D eigenvalue weighted by Crippen LogP contribution is -2.34. The largest absolute Gasteiger partial charge is 0.348 e. The number of hydrogen-bond donors (Lipinski definition) is 1. The van der Waals surface area contributed by atoms with E-state index >= 15 is 0 Å². The van der Waals surface area contributed by atoms with E-state index in [1.54, 1.807) is 30.3 Å². The van der Waals surface area contributed by atoms with Crippen LogP contribution in [0.15, 0.2) is 16.8 Å². The lowest BCUT2D eigenvalue weighted by atomic mass is 10.2. The smallest absolute Gasteiger partial charge is 0.236 e. The van der Waals surface area contributed by atoms with Crippen molar-refractivity contribution in [3.63, 3.8) is 0 Å². The molecule has 1 aromatic rings. The van der Waals surface area contributed by atoms with Crippen LogP contribution in [0.5, 0.6) is 0 Å². The standard InChI is InChI=1S/C10H16N2OS/c1-8(9-4-5-14-7-9)11-6-10(13)12(2)3/h4-5,7-8,11H,6H2,1-3H3. The number of rotatable bonds is 4. The number of thiophene rings is 1. The maximum absolute atomic E-state index is 11.3. The maximum atomic E-state index is 11.3. The molecule has 0 aliphatic rings. The highest BCUT2D eigenvalue weighted by Crippen LogP contribution is 2.14. The molecule has 0 radical (unpaired) electrons. The second-order valence-corrected chi connectivity index (χ2v) is 4.23. The average molecular weight is 212 g/mol. The lowest BCUT2D eigenvalue weighted by Gasteiger charge is -2.15. The summed E-state index contributed by atoms with van der Waals surface area (Å²) in [4.78, 5) is 12.9. The highest BCUT2D eigenvalue weighted by atomic mass is 32.1. The van der Waals surface area contributed by atoms with Gasteiger partial charge in [0.05, 0.1) is 6.54 Å². The molecular formula is C10H16N2OS. The minimum atomic E-state index is 0.104. The monoisotopic (exact) mass is 212 g/mol. The second kappa shape index (κ2) is 5.12. The molecule has 0 bridgehead atoms. The predicted octanol–water partition coefficient (Wildman–Crippen LogP) is 1.49. The summed E-state index contributed by atoms with van der Waals surface area (Å²) in [5, 5.41) is 7.32. The Balaban J connectivity index is 2.36. The van der Waals surface area contributed by atoms with Crippen LogP contribution in [-0.4, -0.2) is 31.4 Å². The fourth-order valence-corrected chi connectivity index (χ4v) is 1.79. The van der Waals surface area contributed by atoms with E-state index in [0.29, 0.717) is 6.54 Å². The van der Waals surface area contributed by atoms with Crippen molar-refractivity contribution in [2.75, 3.05) is 20.6 Å². The molecule has 0 saturated heterocycles. The summed E-state index contributed by atoms with van der Waals surface area (Å²) in [6.07, 6.45) is 0. The van der Waals surface area contributed by atoms with E-state index in [9.17, 15) is 4.79 Å². The van der Waals surface area contributed by atoms with Crippen molar-refractivity contribution in [1.29, 1.82) is 0 Å². The minimum absolute atomic E-state index is 0.104. The second-order valence-electron chi connectivity index (χ2n) is 3.45. The molecule has 0 aliphatic heterocycles. The van der Waals surface area contributed by atoms with Gasteiger partial charge in [-0.2, -0.15) is 11.3 Å². The maximum Gasteiger partial charge on any atom is 0.236 e. The van der Waals surface area contributed by atoms with Gasteiger partial charge in [-0.25, -0.2) is 0 Å². The lowest BCUT2D eigenvalue weighted by molar-refractivity contribution is -0.127. The van der Waals surface area contributed by atoms with Gasteiger partial charge in [0.2, 0.25) is 5.91 Å². The fraction of sp³-hybridized carbons (Fsp3) is 0.500. The first-order valence-corrected chi connectivity index (χ1v) is 5.51. The van der Waals surface area contributed by atoms with E-state index in [0.717, 1.165) is 0 Å². The van der Waals surface area contributed by atoms with Gasteiger partial charge in [0.15, 0.2) is 0 Å². The van der Waals surface area contributed by atoms with E-state index in [2.05, 4.69) is 23.7 Å². The average Bonchev–Trinajstić information content (AvgIpc) is 2.66. The molecule has 4 heteroatoms. The Kier molecular flexibility index (Phi) is 4.10. The van der Waals surface area contributed by atoms with Gasteiger partial charge in [-0.15, -0.1) is 0 Å². The predicted molar refractivity (Wildman–Crippen MR) is 59.4 cm³/mol. The molecule has 0 spiro atoms. The van der Waals surface area contributed by atoms with E-state index < -0.39 is 0 Å². The first-order valence-electron chi connectivity index (χ1n) is 4.57. The number of carbonyl (C=O) groups excluding carboxylic acids is 1. The van der Waals surface area contributed by atoms with Crippen LogP contribution in [-0.2, 0) is 4.79 Å². The summed E-state index contributed by atoms with van der Waals surface area (Å²) in [6, 6.07) is 2.31. The van der Waals surface area contributed by atoms with Crippen molar-refractivity contribution in [2.24, 2.45) is 0 Å². The molecule has 0 aromatic carbocycles. The van der Waals surface area contributed by atoms with E-state index in [4.69, 9.17) is 0 Å². The Morgan fingerprint density at radius 1 is 1.64 bits per heavy atom. The molecule has 0 saturated carbocycles. The fourth-order valence-electron chi connectivity index (χ4n) is 1.04. The van der Waals surface area contributed by atoms with Gasteiger partial charge in [-0.3, -0.25) is 4.79 Å². The molecule has 1 rings (SSSR count). The first-order chi connectivity index (χ1) is 6.61. The van der Waals surface area contributed by atoms with E-state index in [1.807, 2.05) is 5.38 Å². The van der Waals surface area contributed by atoms with Crippen molar-refractivity contribution in [2.45, 2.75) is 13.0 Å². The highest BCUT2D eigenvalue weighted by molar-refractivity contribution is 7.07. The van der Waals surface area contributed by atoms with Gasteiger partial charge in [-0.1, -0.05) is 0 Å². The summed E-state index contributed by atoms with van der Waals surface area (Å²) in [6.45, 7) is 2.45. The zero-order valence-corrected chi connectivity index (χ0v) is 9.60. The molecule has 14 heavy (non-hydrogen) atoms. The molecule has 0 aliphatic carbocycles. The summed E-state index contributed by atoms with van der Waals surface area (Å²) < 4.78 is 0. The third-order valence-corrected chi connectivity index (χ3v) is 2.80. The number of likely N-dealkylation sites (N-methyl/N-ethyl adjacent to an activating group) is 1. The quantitative estimate of drug-likeness (QED) is 0.820. The topological polar surface area (TPSA) is 32.3 Å². The van der Waals surface area contributed by atoms with Gasteiger partial charge in [0.1, 0.15) is 0 Å². The molecule has 78 valence electrons. The van der Waals surface area contributed by atoms with Crippen LogP contribution in [0.2, 0.25) is 0 Å². The van der Waals surface area contributed by atoms with Crippen molar-refractivity contribution in [1.82, 2.24) is 10.2 Å². The molecule has 0 fully saturated rings. The Morgan fingerprint density at radius 3 is 2.86 bits per heavy atom. The zero-order valence-electron chi connectivity index (χ0n) is 8.78. The summed E-state index contributed by atoms with van der Waals surface area (Å²) >= 11 is 1.67. The Bertz CT molecular complexity index is 282. The molecule has 3 nitrogen and oxygen atoms in total. The van der Waals surface area contributed by atoms with Crippen molar-refractivity contribution >= 4 is 17.2 Å². The Hall–Kier alpha value is -0.870. The van der Waals surface area contributed by atoms with Crippen LogP contribution >= 0.6 is 11.3 Å². The molecule has 1 unspecified atom stereocenters. The SMILES string of the molecule is CC(NCC(=O)N(C)C)c1ccsc1. The number of amides is 1. The van der Waals surface area contributed by atoms with Crippen molar-refractivity contribution < 1.29 is 4.79 Å². The van der Waals surface area contributed by atoms with E-state index in [-0.39, 0.29) is 11.9 Å². The summed E-state index contributed by atoms with van der Waals surface area (Å²) in [7, 11) is 3.53. The van der Waals surface area contributed by atoms with Crippen LogP contribution in [0.25, 0.3) is 0 Å². The highest BCUT2D eigenvalue weighted by Gasteiger charge is 2.08. The first kappa shape index (κ1) is 11.2. The number of nitrogens with one attached hydrogen (secondary N) is 1. The number of hydrogen-bond acceptors (Lipinski definition) is 3. The third-order valence-electron chi connectivity index (χ3n) is 2.10. The van der Waals surface area contributed by atoms with Crippen molar-refractivity contribution in [3.8, 4) is 0 Å². The van der Waals surface area contributed by atoms with Crippen LogP contribution in [0.1, 0.15) is 18.5 Å². The third kappa shape index (κ3) is 3.12. The molecule has 1 heterocycles. The van der Waals surface area contributed by atoms with E-state index in [1.165, 1.54) is 5.56 Å². The molecule has 1 aromatic heterocycles. The van der Waals surface area contributed by atoms with Gasteiger partial charge >= 0.3 is 0 Å². The Morgan fingerprint density at radius 2 is 2.36 bits per heavy atom. The van der Waals surface area contributed by atoms with Crippen LogP contribution in [0, 0.1) is 0 Å². The minimum Gasteiger partial charge on any atom is -0.348 e. The number of carbonyl (C=O) groups is 1. The molecule has 1 N–H and O–H groups in total. The summed E-state index contributed by atoms with van der Waals surface area (Å²) in [5.41, 5.74) is 1.24. The Labute approximate surface area is 88.7 Å². The summed E-state index contributed by atoms with van der Waals surface area (Å²) in [5.74, 6) is 0.104. The zero-order chi connectivity index (χ0) is 10.6. The molecular weight excluding hydrogens is 196 g/mol. The van der Waals surface area contributed by atoms with Crippen LogP contribution in [0.3, 0.4) is 0 Å². The van der Waals surface area contributed by atoms with Gasteiger partial charge in [0.25, 0.3) is 0 Å². The van der Waals surface area contributed by atoms with Crippen LogP contribution in [0.4, 0.5) is 0 Å². The van der Waals surface area contributed by atoms with Gasteiger partial charge < -0.3 is 10.2 Å². The van der Waals surface area contributed by atoms with Crippen molar-refractivity contribution in [3.05, 3.63) is 22.4 Å². The normalized spacial score (nSPS) is 12.5. The van der Waals surface area contributed by atoms with Crippen LogP contribution < -0.4 is 5.32 Å². The molecule has 1 atom stereocenters.